The molecule has 134 valence electrons. The van der Waals surface area contributed by atoms with Gasteiger partial charge in [0, 0.05) is 36.6 Å². The summed E-state index contributed by atoms with van der Waals surface area (Å²) < 4.78 is 1.99. The minimum absolute atomic E-state index is 0.0690. The summed E-state index contributed by atoms with van der Waals surface area (Å²) in [5.41, 5.74) is 7.77. The van der Waals surface area contributed by atoms with Gasteiger partial charge in [0.1, 0.15) is 5.69 Å². The highest BCUT2D eigenvalue weighted by atomic mass is 32.1. The van der Waals surface area contributed by atoms with E-state index in [2.05, 4.69) is 16.3 Å². The largest absolute Gasteiger partial charge is 0.366 e. The molecule has 0 radical (unpaired) electrons. The fourth-order valence-corrected chi connectivity index (χ4v) is 4.42. The molecule has 0 spiro atoms. The van der Waals surface area contributed by atoms with Gasteiger partial charge in [0.15, 0.2) is 0 Å². The number of nitrogens with one attached hydrogen (secondary N) is 1. The first kappa shape index (κ1) is 17.7. The first-order valence-corrected chi connectivity index (χ1v) is 9.38. The third-order valence-corrected chi connectivity index (χ3v) is 5.79. The number of carbonyl (C=O) groups excluding carboxylic acids is 2. The highest BCUT2D eigenvalue weighted by Crippen LogP contribution is 2.33. The maximum absolute atomic E-state index is 12.0. The van der Waals surface area contributed by atoms with Crippen molar-refractivity contribution >= 4 is 23.2 Å². The summed E-state index contributed by atoms with van der Waals surface area (Å²) in [7, 11) is 3.60. The van der Waals surface area contributed by atoms with Crippen molar-refractivity contribution in [3.8, 4) is 0 Å². The molecule has 3 heterocycles. The number of nitrogens with zero attached hydrogens (tertiary/aromatic N) is 2. The predicted octanol–water partition coefficient (Wildman–Crippen LogP) is 2.27. The van der Waals surface area contributed by atoms with Gasteiger partial charge in [-0.05, 0) is 37.6 Å². The lowest BCUT2D eigenvalue weighted by molar-refractivity contribution is 0.0951. The molecule has 1 fully saturated rings. The molecule has 1 atom stereocenters. The third kappa shape index (κ3) is 3.62. The Bertz CT molecular complexity index is 780. The molecule has 25 heavy (non-hydrogen) atoms. The topological polar surface area (TPSA) is 80.4 Å². The molecule has 2 aromatic rings. The van der Waals surface area contributed by atoms with Gasteiger partial charge in [-0.25, -0.2) is 0 Å². The Kier molecular flexibility index (Phi) is 5.24. The standard InChI is InChI=1S/C18H24N4O2S/c1-20-18(24)16-7-6-14(21(16)2)15-5-3-4-8-22(15)10-13-9-12(11-25-13)17(19)23/h6-7,9,11,15H,3-5,8,10H2,1-2H3,(H2,19,23)(H,20,24). The Morgan fingerprint density at radius 2 is 2.16 bits per heavy atom. The van der Waals surface area contributed by atoms with E-state index in [-0.39, 0.29) is 17.9 Å². The number of nitrogens with two attached hydrogens (primary N) is 1. The number of piperidine rings is 1. The second kappa shape index (κ2) is 7.41. The molecule has 3 N–H and O–H groups in total. The number of hydrogen-bond donors (Lipinski definition) is 2. The van der Waals surface area contributed by atoms with Crippen LogP contribution in [0.25, 0.3) is 0 Å². The summed E-state index contributed by atoms with van der Waals surface area (Å²) in [6, 6.07) is 6.10. The van der Waals surface area contributed by atoms with Crippen LogP contribution in [0.5, 0.6) is 0 Å². The molecule has 1 aliphatic heterocycles. The summed E-state index contributed by atoms with van der Waals surface area (Å²) in [5, 5.41) is 4.51. The number of amides is 2. The van der Waals surface area contributed by atoms with Gasteiger partial charge in [-0.2, -0.15) is 0 Å². The van der Waals surface area contributed by atoms with Crippen molar-refractivity contribution in [2.45, 2.75) is 31.8 Å². The van der Waals surface area contributed by atoms with Crippen molar-refractivity contribution in [3.05, 3.63) is 45.4 Å². The molecule has 3 rings (SSSR count). The molecule has 1 saturated heterocycles. The summed E-state index contributed by atoms with van der Waals surface area (Å²) in [6.07, 6.45) is 3.41. The van der Waals surface area contributed by atoms with Crippen molar-refractivity contribution in [2.75, 3.05) is 13.6 Å². The normalized spacial score (nSPS) is 18.2. The highest BCUT2D eigenvalue weighted by Gasteiger charge is 2.27. The third-order valence-electron chi connectivity index (χ3n) is 4.87. The van der Waals surface area contributed by atoms with E-state index in [0.29, 0.717) is 11.3 Å². The van der Waals surface area contributed by atoms with Crippen LogP contribution in [0.4, 0.5) is 0 Å². The van der Waals surface area contributed by atoms with Gasteiger partial charge in [-0.15, -0.1) is 11.3 Å². The number of rotatable bonds is 5. The Labute approximate surface area is 151 Å². The summed E-state index contributed by atoms with van der Waals surface area (Å²) >= 11 is 1.57. The van der Waals surface area contributed by atoms with Gasteiger partial charge in [-0.3, -0.25) is 14.5 Å². The van der Waals surface area contributed by atoms with E-state index in [1.54, 1.807) is 18.4 Å². The van der Waals surface area contributed by atoms with Gasteiger partial charge in [-0.1, -0.05) is 6.42 Å². The molecule has 2 amide bonds. The lowest BCUT2D eigenvalue weighted by Crippen LogP contribution is -2.34. The van der Waals surface area contributed by atoms with Crippen LogP contribution >= 0.6 is 11.3 Å². The van der Waals surface area contributed by atoms with E-state index in [1.165, 1.54) is 6.42 Å². The van der Waals surface area contributed by atoms with Gasteiger partial charge in [0.05, 0.1) is 11.6 Å². The van der Waals surface area contributed by atoms with E-state index in [0.717, 1.165) is 36.5 Å². The second-order valence-electron chi connectivity index (χ2n) is 6.43. The molecular weight excluding hydrogens is 336 g/mol. The summed E-state index contributed by atoms with van der Waals surface area (Å²) in [6.45, 7) is 1.80. The SMILES string of the molecule is CNC(=O)c1ccc(C2CCCCN2Cc2cc(C(N)=O)cs2)n1C. The van der Waals surface area contributed by atoms with Crippen LogP contribution in [-0.2, 0) is 13.6 Å². The predicted molar refractivity (Wildman–Crippen MR) is 98.6 cm³/mol. The monoisotopic (exact) mass is 360 g/mol. The van der Waals surface area contributed by atoms with Gasteiger partial charge in [0.25, 0.3) is 5.91 Å². The minimum atomic E-state index is -0.379. The van der Waals surface area contributed by atoms with Crippen LogP contribution in [0.3, 0.4) is 0 Å². The molecular formula is C18H24N4O2S. The Hall–Kier alpha value is -2.12. The van der Waals surface area contributed by atoms with Crippen LogP contribution in [0, 0.1) is 0 Å². The molecule has 6 nitrogen and oxygen atoms in total. The molecule has 7 heteroatoms. The zero-order valence-corrected chi connectivity index (χ0v) is 15.4. The van der Waals surface area contributed by atoms with Crippen LogP contribution in [0.15, 0.2) is 23.6 Å². The van der Waals surface area contributed by atoms with E-state index >= 15 is 0 Å². The quantitative estimate of drug-likeness (QED) is 0.858. The summed E-state index contributed by atoms with van der Waals surface area (Å²) in [4.78, 5) is 26.9. The smallest absolute Gasteiger partial charge is 0.267 e. The maximum atomic E-state index is 12.0. The van der Waals surface area contributed by atoms with E-state index in [9.17, 15) is 9.59 Å². The number of likely N-dealkylation sites (tertiary alicyclic amines) is 1. The molecule has 0 saturated carbocycles. The minimum Gasteiger partial charge on any atom is -0.366 e. The Balaban J connectivity index is 1.82. The van der Waals surface area contributed by atoms with Crippen molar-refractivity contribution in [1.82, 2.24) is 14.8 Å². The molecule has 2 aromatic heterocycles. The number of aromatic nitrogens is 1. The highest BCUT2D eigenvalue weighted by molar-refractivity contribution is 7.10. The Morgan fingerprint density at radius 1 is 1.36 bits per heavy atom. The van der Waals surface area contributed by atoms with Crippen molar-refractivity contribution < 1.29 is 9.59 Å². The molecule has 0 aliphatic carbocycles. The van der Waals surface area contributed by atoms with Crippen LogP contribution in [-0.4, -0.2) is 34.9 Å². The number of primary amides is 1. The first-order valence-electron chi connectivity index (χ1n) is 8.50. The van der Waals surface area contributed by atoms with Gasteiger partial charge >= 0.3 is 0 Å². The molecule has 1 unspecified atom stereocenters. The van der Waals surface area contributed by atoms with E-state index in [1.807, 2.05) is 29.1 Å². The molecule has 0 aromatic carbocycles. The van der Waals surface area contributed by atoms with Crippen LogP contribution in [0.2, 0.25) is 0 Å². The van der Waals surface area contributed by atoms with Crippen molar-refractivity contribution in [2.24, 2.45) is 12.8 Å². The van der Waals surface area contributed by atoms with Crippen LogP contribution < -0.4 is 11.1 Å². The first-order chi connectivity index (χ1) is 12.0. The maximum Gasteiger partial charge on any atom is 0.267 e. The van der Waals surface area contributed by atoms with E-state index < -0.39 is 0 Å². The molecule has 1 aliphatic rings. The van der Waals surface area contributed by atoms with Crippen molar-refractivity contribution in [1.29, 1.82) is 0 Å². The van der Waals surface area contributed by atoms with Crippen LogP contribution in [0.1, 0.15) is 56.7 Å². The fourth-order valence-electron chi connectivity index (χ4n) is 3.53. The lowest BCUT2D eigenvalue weighted by atomic mass is 9.99. The average Bonchev–Trinajstić information content (AvgIpc) is 3.22. The summed E-state index contributed by atoms with van der Waals surface area (Å²) in [5.74, 6) is -0.448. The number of thiophene rings is 1. The number of carbonyl (C=O) groups is 2. The second-order valence-corrected chi connectivity index (χ2v) is 7.43. The van der Waals surface area contributed by atoms with E-state index in [4.69, 9.17) is 5.73 Å². The molecule has 0 bridgehead atoms. The lowest BCUT2D eigenvalue weighted by Gasteiger charge is -2.36. The van der Waals surface area contributed by atoms with Gasteiger partial charge in [0.2, 0.25) is 5.91 Å². The van der Waals surface area contributed by atoms with Gasteiger partial charge < -0.3 is 15.6 Å². The Morgan fingerprint density at radius 3 is 2.84 bits per heavy atom. The zero-order valence-electron chi connectivity index (χ0n) is 14.6. The fraction of sp³-hybridized carbons (Fsp3) is 0.444. The zero-order chi connectivity index (χ0) is 18.0. The average molecular weight is 360 g/mol. The van der Waals surface area contributed by atoms with Crippen molar-refractivity contribution in [3.63, 3.8) is 0 Å². The number of hydrogen-bond acceptors (Lipinski definition) is 4.